The van der Waals surface area contributed by atoms with Crippen molar-refractivity contribution in [2.45, 2.75) is 37.6 Å². The monoisotopic (exact) mass is 251 g/mol. The Hall–Kier alpha value is -2.08. The maximum atomic E-state index is 5.78. The molecular weight excluding hydrogens is 234 g/mol. The van der Waals surface area contributed by atoms with Gasteiger partial charge in [0.05, 0.1) is 6.20 Å². The summed E-state index contributed by atoms with van der Waals surface area (Å²) in [4.78, 5) is 0. The van der Waals surface area contributed by atoms with Crippen LogP contribution in [0.4, 0.5) is 0 Å². The summed E-state index contributed by atoms with van der Waals surface area (Å²) in [5, 5.41) is 8.56. The second-order valence-corrected chi connectivity index (χ2v) is 5.15. The van der Waals surface area contributed by atoms with E-state index in [0.717, 1.165) is 24.1 Å². The minimum atomic E-state index is -0.266. The Bertz CT molecular complexity index is 586. The van der Waals surface area contributed by atoms with Gasteiger partial charge in [-0.25, -0.2) is 4.68 Å². The zero-order valence-electron chi connectivity index (χ0n) is 10.9. The number of terminal acetylenes is 1. The van der Waals surface area contributed by atoms with E-state index in [9.17, 15) is 0 Å². The predicted molar refractivity (Wildman–Crippen MR) is 75.4 cm³/mol. The molecule has 19 heavy (non-hydrogen) atoms. The molecule has 0 aliphatic heterocycles. The van der Waals surface area contributed by atoms with Gasteiger partial charge in [-0.05, 0) is 12.8 Å². The van der Waals surface area contributed by atoms with Crippen LogP contribution in [0.5, 0.6) is 0 Å². The molecule has 0 atom stereocenters. The van der Waals surface area contributed by atoms with E-state index in [-0.39, 0.29) is 5.54 Å². The molecule has 0 N–H and O–H groups in total. The third-order valence-corrected chi connectivity index (χ3v) is 3.95. The Morgan fingerprint density at radius 3 is 2.53 bits per heavy atom. The van der Waals surface area contributed by atoms with E-state index in [1.165, 1.54) is 19.3 Å². The first kappa shape index (κ1) is 12.0. The first-order valence-electron chi connectivity index (χ1n) is 6.80. The molecule has 3 heteroatoms. The molecule has 1 saturated carbocycles. The number of hydrogen-bond acceptors (Lipinski definition) is 2. The number of benzene rings is 1. The summed E-state index contributed by atoms with van der Waals surface area (Å²) in [6.07, 6.45) is 13.4. The quantitative estimate of drug-likeness (QED) is 0.767. The lowest BCUT2D eigenvalue weighted by atomic mass is 9.82. The van der Waals surface area contributed by atoms with Crippen molar-refractivity contribution in [3.8, 4) is 23.6 Å². The van der Waals surface area contributed by atoms with Crippen molar-refractivity contribution in [1.29, 1.82) is 0 Å². The number of hydrogen-bond donors (Lipinski definition) is 0. The molecule has 0 unspecified atom stereocenters. The van der Waals surface area contributed by atoms with Crippen molar-refractivity contribution in [1.82, 2.24) is 15.0 Å². The molecule has 1 aromatic carbocycles. The summed E-state index contributed by atoms with van der Waals surface area (Å²) in [6, 6.07) is 10.1. The predicted octanol–water partition coefficient (Wildman–Crippen LogP) is 3.24. The molecule has 3 nitrogen and oxygen atoms in total. The smallest absolute Gasteiger partial charge is 0.124 e. The van der Waals surface area contributed by atoms with Gasteiger partial charge in [-0.1, -0.05) is 60.7 Å². The molecule has 1 aromatic heterocycles. The van der Waals surface area contributed by atoms with E-state index in [1.807, 2.05) is 41.2 Å². The van der Waals surface area contributed by atoms with Gasteiger partial charge in [-0.3, -0.25) is 0 Å². The van der Waals surface area contributed by atoms with Crippen LogP contribution in [0, 0.1) is 12.3 Å². The second kappa shape index (κ2) is 4.89. The fourth-order valence-corrected chi connectivity index (χ4v) is 2.79. The van der Waals surface area contributed by atoms with E-state index in [2.05, 4.69) is 16.2 Å². The second-order valence-electron chi connectivity index (χ2n) is 5.15. The lowest BCUT2D eigenvalue weighted by Gasteiger charge is -2.32. The lowest BCUT2D eigenvalue weighted by Crippen LogP contribution is -2.34. The van der Waals surface area contributed by atoms with Gasteiger partial charge in [0.1, 0.15) is 11.2 Å². The van der Waals surface area contributed by atoms with Gasteiger partial charge in [-0.2, -0.15) is 0 Å². The standard InChI is InChI=1S/C16H17N3/c1-2-16(11-7-4-8-12-16)19-13-15(17-18-19)14-9-5-3-6-10-14/h1,3,5-6,9-10,13H,4,7-8,11-12H2. The van der Waals surface area contributed by atoms with Crippen molar-refractivity contribution in [3.05, 3.63) is 36.5 Å². The van der Waals surface area contributed by atoms with Crippen LogP contribution in [0.25, 0.3) is 11.3 Å². The van der Waals surface area contributed by atoms with Gasteiger partial charge >= 0.3 is 0 Å². The summed E-state index contributed by atoms with van der Waals surface area (Å²) in [7, 11) is 0. The van der Waals surface area contributed by atoms with Crippen molar-refractivity contribution in [2.24, 2.45) is 0 Å². The maximum absolute atomic E-state index is 5.78. The van der Waals surface area contributed by atoms with Crippen LogP contribution in [-0.2, 0) is 5.54 Å². The summed E-state index contributed by atoms with van der Waals surface area (Å²) in [5.74, 6) is 2.96. The minimum absolute atomic E-state index is 0.266. The van der Waals surface area contributed by atoms with Crippen molar-refractivity contribution >= 4 is 0 Å². The zero-order chi connectivity index (χ0) is 13.1. The van der Waals surface area contributed by atoms with Crippen molar-refractivity contribution in [3.63, 3.8) is 0 Å². The molecule has 0 amide bonds. The van der Waals surface area contributed by atoms with Crippen molar-refractivity contribution < 1.29 is 0 Å². The molecular formula is C16H17N3. The molecule has 3 rings (SSSR count). The van der Waals surface area contributed by atoms with Gasteiger partial charge < -0.3 is 0 Å². The van der Waals surface area contributed by atoms with Crippen LogP contribution >= 0.6 is 0 Å². The van der Waals surface area contributed by atoms with Crippen LogP contribution in [-0.4, -0.2) is 15.0 Å². The highest BCUT2D eigenvalue weighted by atomic mass is 15.4. The van der Waals surface area contributed by atoms with Crippen LogP contribution < -0.4 is 0 Å². The molecule has 2 aromatic rings. The highest BCUT2D eigenvalue weighted by Crippen LogP contribution is 2.34. The van der Waals surface area contributed by atoms with E-state index in [1.54, 1.807) is 0 Å². The van der Waals surface area contributed by atoms with Gasteiger partial charge in [0, 0.05) is 5.56 Å². The molecule has 0 spiro atoms. The summed E-state index contributed by atoms with van der Waals surface area (Å²) in [5.41, 5.74) is 1.70. The normalized spacial score (nSPS) is 17.8. The van der Waals surface area contributed by atoms with Crippen LogP contribution in [0.1, 0.15) is 32.1 Å². The fourth-order valence-electron chi connectivity index (χ4n) is 2.79. The fraction of sp³-hybridized carbons (Fsp3) is 0.375. The summed E-state index contributed by atoms with van der Waals surface area (Å²) >= 11 is 0. The average Bonchev–Trinajstić information content (AvgIpc) is 2.99. The summed E-state index contributed by atoms with van der Waals surface area (Å²) < 4.78 is 1.90. The van der Waals surface area contributed by atoms with Gasteiger partial charge in [-0.15, -0.1) is 11.5 Å². The van der Waals surface area contributed by atoms with E-state index in [4.69, 9.17) is 6.42 Å². The van der Waals surface area contributed by atoms with Gasteiger partial charge in [0.15, 0.2) is 0 Å². The van der Waals surface area contributed by atoms with Gasteiger partial charge in [0.2, 0.25) is 0 Å². The van der Waals surface area contributed by atoms with Crippen LogP contribution in [0.15, 0.2) is 36.5 Å². The molecule has 0 bridgehead atoms. The summed E-state index contributed by atoms with van der Waals surface area (Å²) in [6.45, 7) is 0. The number of aromatic nitrogens is 3. The van der Waals surface area contributed by atoms with Crippen molar-refractivity contribution in [2.75, 3.05) is 0 Å². The SMILES string of the molecule is C#CC1(n2cc(-c3ccccc3)nn2)CCCCC1. The Morgan fingerprint density at radius 1 is 1.11 bits per heavy atom. The van der Waals surface area contributed by atoms with Gasteiger partial charge in [0.25, 0.3) is 0 Å². The first-order valence-corrected chi connectivity index (χ1v) is 6.80. The topological polar surface area (TPSA) is 30.7 Å². The largest absolute Gasteiger partial charge is 0.234 e. The highest BCUT2D eigenvalue weighted by Gasteiger charge is 2.33. The van der Waals surface area contributed by atoms with Crippen LogP contribution in [0.2, 0.25) is 0 Å². The minimum Gasteiger partial charge on any atom is -0.234 e. The number of rotatable bonds is 2. The van der Waals surface area contributed by atoms with E-state index >= 15 is 0 Å². The highest BCUT2D eigenvalue weighted by molar-refractivity contribution is 5.57. The Labute approximate surface area is 113 Å². The molecule has 1 aliphatic carbocycles. The van der Waals surface area contributed by atoms with E-state index < -0.39 is 0 Å². The lowest BCUT2D eigenvalue weighted by molar-refractivity contribution is 0.243. The third-order valence-electron chi connectivity index (χ3n) is 3.95. The molecule has 1 heterocycles. The maximum Gasteiger partial charge on any atom is 0.124 e. The number of nitrogens with zero attached hydrogens (tertiary/aromatic N) is 3. The Morgan fingerprint density at radius 2 is 1.84 bits per heavy atom. The molecule has 96 valence electrons. The molecule has 0 saturated heterocycles. The Balaban J connectivity index is 1.95. The molecule has 1 fully saturated rings. The third kappa shape index (κ3) is 2.15. The zero-order valence-corrected chi connectivity index (χ0v) is 10.9. The molecule has 1 aliphatic rings. The van der Waals surface area contributed by atoms with E-state index in [0.29, 0.717) is 0 Å². The van der Waals surface area contributed by atoms with Crippen LogP contribution in [0.3, 0.4) is 0 Å². The molecule has 0 radical (unpaired) electrons. The Kier molecular flexibility index (Phi) is 3.08. The first-order chi connectivity index (χ1) is 9.34. The average molecular weight is 251 g/mol.